The molecule has 2 aromatic rings. The Morgan fingerprint density at radius 2 is 1.77 bits per heavy atom. The van der Waals surface area contributed by atoms with Crippen LogP contribution in [0.1, 0.15) is 35.2 Å². The molecule has 0 atom stereocenters. The maximum atomic E-state index is 12.7. The molecular weight excluding hydrogens is 328 g/mol. The van der Waals surface area contributed by atoms with Crippen molar-refractivity contribution in [3.8, 4) is 11.5 Å². The molecule has 0 radical (unpaired) electrons. The topological polar surface area (TPSA) is 55.8 Å². The van der Waals surface area contributed by atoms with Gasteiger partial charge in [-0.3, -0.25) is 4.79 Å². The number of hydrogen-bond donors (Lipinski definition) is 1. The van der Waals surface area contributed by atoms with E-state index in [2.05, 4.69) is 0 Å². The van der Waals surface area contributed by atoms with Crippen LogP contribution in [0.5, 0.6) is 11.5 Å². The third-order valence-corrected chi connectivity index (χ3v) is 4.54. The van der Waals surface area contributed by atoms with E-state index in [0.29, 0.717) is 35.5 Å². The van der Waals surface area contributed by atoms with Gasteiger partial charge in [-0.05, 0) is 37.0 Å². The van der Waals surface area contributed by atoms with Crippen LogP contribution in [-0.2, 0) is 0 Å². The van der Waals surface area contributed by atoms with E-state index in [0.717, 1.165) is 17.6 Å². The number of allylic oxidation sites excluding steroid dienone is 2. The molecule has 2 aromatic carbocycles. The number of para-hydroxylation sites is 1. The highest BCUT2D eigenvalue weighted by Crippen LogP contribution is 2.36. The quantitative estimate of drug-likeness (QED) is 0.774. The number of hydrogen-bond acceptors (Lipinski definition) is 4. The second kappa shape index (κ2) is 7.91. The van der Waals surface area contributed by atoms with E-state index >= 15 is 0 Å². The van der Waals surface area contributed by atoms with E-state index in [9.17, 15) is 9.90 Å². The van der Waals surface area contributed by atoms with Crippen LogP contribution in [-0.4, -0.2) is 25.1 Å². The lowest BCUT2D eigenvalue weighted by Crippen LogP contribution is -2.12. The fraction of sp³-hybridized carbons (Fsp3) is 0.227. The fourth-order valence-corrected chi connectivity index (χ4v) is 3.22. The Labute approximate surface area is 153 Å². The van der Waals surface area contributed by atoms with Crippen molar-refractivity contribution in [1.82, 2.24) is 0 Å². The minimum Gasteiger partial charge on any atom is -0.507 e. The lowest BCUT2D eigenvalue weighted by atomic mass is 9.87. The van der Waals surface area contributed by atoms with Crippen molar-refractivity contribution in [2.45, 2.75) is 19.3 Å². The van der Waals surface area contributed by atoms with Crippen LogP contribution in [0.2, 0.25) is 0 Å². The van der Waals surface area contributed by atoms with Gasteiger partial charge in [0.2, 0.25) is 0 Å². The monoisotopic (exact) mass is 350 g/mol. The molecule has 0 amide bonds. The molecule has 4 heteroatoms. The minimum atomic E-state index is -0.119. The Kier molecular flexibility index (Phi) is 5.42. The van der Waals surface area contributed by atoms with E-state index < -0.39 is 0 Å². The predicted molar refractivity (Wildman–Crippen MR) is 102 cm³/mol. The van der Waals surface area contributed by atoms with E-state index in [1.54, 1.807) is 26.4 Å². The summed E-state index contributed by atoms with van der Waals surface area (Å²) in [7, 11) is 3.17. The van der Waals surface area contributed by atoms with Crippen LogP contribution in [0, 0.1) is 0 Å². The molecule has 4 nitrogen and oxygen atoms in total. The molecule has 0 unspecified atom stereocenters. The molecule has 26 heavy (non-hydrogen) atoms. The van der Waals surface area contributed by atoms with Gasteiger partial charge in [0.1, 0.15) is 5.76 Å². The zero-order valence-electron chi connectivity index (χ0n) is 15.0. The van der Waals surface area contributed by atoms with Gasteiger partial charge in [0.15, 0.2) is 17.3 Å². The molecule has 0 spiro atoms. The van der Waals surface area contributed by atoms with Gasteiger partial charge in [-0.2, -0.15) is 0 Å². The first kappa shape index (κ1) is 17.8. The summed E-state index contributed by atoms with van der Waals surface area (Å²) in [5, 5.41) is 10.7. The summed E-state index contributed by atoms with van der Waals surface area (Å²) in [6.45, 7) is 0. The molecule has 0 bridgehead atoms. The van der Waals surface area contributed by atoms with Crippen molar-refractivity contribution in [3.05, 3.63) is 76.6 Å². The smallest absolute Gasteiger partial charge is 0.192 e. The second-order valence-electron chi connectivity index (χ2n) is 6.13. The third kappa shape index (κ3) is 3.49. The van der Waals surface area contributed by atoms with Crippen molar-refractivity contribution >= 4 is 11.9 Å². The number of Topliss-reactive ketones (excluding diaryl/α,β-unsaturated/α-hetero) is 1. The van der Waals surface area contributed by atoms with Crippen LogP contribution < -0.4 is 9.47 Å². The summed E-state index contributed by atoms with van der Waals surface area (Å²) in [6.07, 6.45) is 3.97. The Hall–Kier alpha value is -3.01. The highest BCUT2D eigenvalue weighted by molar-refractivity contribution is 6.09. The molecule has 0 fully saturated rings. The molecule has 1 aliphatic rings. The fourth-order valence-electron chi connectivity index (χ4n) is 3.22. The van der Waals surface area contributed by atoms with Crippen molar-refractivity contribution in [3.63, 3.8) is 0 Å². The number of benzene rings is 2. The highest BCUT2D eigenvalue weighted by atomic mass is 16.5. The Morgan fingerprint density at radius 1 is 1.00 bits per heavy atom. The predicted octanol–water partition coefficient (Wildman–Crippen LogP) is 4.97. The number of ether oxygens (including phenoxy) is 2. The van der Waals surface area contributed by atoms with Gasteiger partial charge in [0.25, 0.3) is 0 Å². The van der Waals surface area contributed by atoms with Crippen LogP contribution in [0.4, 0.5) is 0 Å². The molecule has 1 aliphatic carbocycles. The minimum absolute atomic E-state index is 0.0787. The summed E-state index contributed by atoms with van der Waals surface area (Å²) in [5.74, 6) is 1.19. The highest BCUT2D eigenvalue weighted by Gasteiger charge is 2.23. The van der Waals surface area contributed by atoms with E-state index in [-0.39, 0.29) is 11.5 Å². The van der Waals surface area contributed by atoms with Crippen molar-refractivity contribution in [1.29, 1.82) is 0 Å². The summed E-state index contributed by atoms with van der Waals surface area (Å²) >= 11 is 0. The summed E-state index contributed by atoms with van der Waals surface area (Å²) < 4.78 is 10.8. The lowest BCUT2D eigenvalue weighted by Gasteiger charge is -2.19. The molecule has 0 heterocycles. The zero-order valence-corrected chi connectivity index (χ0v) is 15.0. The number of carbonyl (C=O) groups is 1. The van der Waals surface area contributed by atoms with E-state index in [1.807, 2.05) is 42.5 Å². The number of carbonyl (C=O) groups excluding carboxylic acids is 1. The standard InChI is InChI=1S/C22H22O4/c1-25-19-13-7-11-17(22(19)26-2)14-16-10-6-12-18(21(16)24)20(23)15-8-4-3-5-9-15/h3-5,7-9,11,13-14,24H,6,10,12H2,1-2H3. The van der Waals surface area contributed by atoms with Crippen molar-refractivity contribution in [2.24, 2.45) is 0 Å². The van der Waals surface area contributed by atoms with Crippen LogP contribution in [0.3, 0.4) is 0 Å². The first-order chi connectivity index (χ1) is 12.7. The Morgan fingerprint density at radius 3 is 2.46 bits per heavy atom. The Balaban J connectivity index is 2.01. The van der Waals surface area contributed by atoms with E-state index in [1.165, 1.54) is 0 Å². The molecule has 1 N–H and O–H groups in total. The van der Waals surface area contributed by atoms with Crippen molar-refractivity contribution in [2.75, 3.05) is 14.2 Å². The zero-order chi connectivity index (χ0) is 18.5. The number of methoxy groups -OCH3 is 2. The van der Waals surface area contributed by atoms with Gasteiger partial charge in [-0.25, -0.2) is 0 Å². The molecule has 3 rings (SSSR count). The average Bonchev–Trinajstić information content (AvgIpc) is 2.69. The van der Waals surface area contributed by atoms with Crippen LogP contribution in [0.25, 0.3) is 6.08 Å². The number of ketones is 1. The van der Waals surface area contributed by atoms with Crippen LogP contribution in [0.15, 0.2) is 65.4 Å². The largest absolute Gasteiger partial charge is 0.507 e. The van der Waals surface area contributed by atoms with Gasteiger partial charge in [0, 0.05) is 16.7 Å². The molecule has 0 aliphatic heterocycles. The Bertz CT molecular complexity index is 863. The first-order valence-corrected chi connectivity index (χ1v) is 8.59. The van der Waals surface area contributed by atoms with Gasteiger partial charge >= 0.3 is 0 Å². The third-order valence-electron chi connectivity index (χ3n) is 4.54. The number of rotatable bonds is 5. The van der Waals surface area contributed by atoms with E-state index in [4.69, 9.17) is 9.47 Å². The lowest BCUT2D eigenvalue weighted by molar-refractivity contribution is 0.102. The summed E-state index contributed by atoms with van der Waals surface area (Å²) in [6, 6.07) is 14.6. The average molecular weight is 350 g/mol. The summed E-state index contributed by atoms with van der Waals surface area (Å²) in [5.41, 5.74) is 2.61. The number of aliphatic hydroxyl groups excluding tert-OH is 1. The molecular formula is C22H22O4. The summed E-state index contributed by atoms with van der Waals surface area (Å²) in [4.78, 5) is 12.7. The van der Waals surface area contributed by atoms with Gasteiger partial charge in [-0.15, -0.1) is 0 Å². The van der Waals surface area contributed by atoms with Crippen molar-refractivity contribution < 1.29 is 19.4 Å². The van der Waals surface area contributed by atoms with Gasteiger partial charge in [-0.1, -0.05) is 42.5 Å². The SMILES string of the molecule is COc1cccc(C=C2CCCC(C(=O)c3ccccc3)=C2O)c1OC. The van der Waals surface area contributed by atoms with Crippen LogP contribution >= 0.6 is 0 Å². The maximum absolute atomic E-state index is 12.7. The van der Waals surface area contributed by atoms with Gasteiger partial charge in [0.05, 0.1) is 14.2 Å². The molecule has 0 saturated carbocycles. The van der Waals surface area contributed by atoms with Gasteiger partial charge < -0.3 is 14.6 Å². The molecule has 0 saturated heterocycles. The number of aliphatic hydroxyl groups is 1. The second-order valence-corrected chi connectivity index (χ2v) is 6.13. The molecule has 134 valence electrons. The normalized spacial score (nSPS) is 15.8. The maximum Gasteiger partial charge on any atom is 0.192 e. The molecule has 0 aromatic heterocycles. The first-order valence-electron chi connectivity index (χ1n) is 8.59.